The average molecular weight is 326 g/mol. The number of carbonyl (C=O) groups is 1. The maximum atomic E-state index is 12.5. The molecule has 0 aliphatic heterocycles. The van der Waals surface area contributed by atoms with Crippen molar-refractivity contribution >= 4 is 22.2 Å². The number of aryl methyl sites for hydroxylation is 1. The van der Waals surface area contributed by atoms with Gasteiger partial charge in [0.2, 0.25) is 0 Å². The first-order valence-electron chi connectivity index (χ1n) is 7.66. The lowest BCUT2D eigenvalue weighted by molar-refractivity contribution is 0.102. The van der Waals surface area contributed by atoms with Crippen LogP contribution in [0.2, 0.25) is 0 Å². The molecule has 1 N–H and O–H groups in total. The second-order valence-electron chi connectivity index (χ2n) is 5.61. The topological polar surface area (TPSA) is 62.1 Å². The fourth-order valence-electron chi connectivity index (χ4n) is 2.92. The van der Waals surface area contributed by atoms with Gasteiger partial charge in [0.25, 0.3) is 5.91 Å². The van der Waals surface area contributed by atoms with Crippen molar-refractivity contribution in [2.24, 2.45) is 0 Å². The molecular weight excluding hydrogens is 308 g/mol. The van der Waals surface area contributed by atoms with E-state index in [1.165, 1.54) is 4.88 Å². The lowest BCUT2D eigenvalue weighted by Crippen LogP contribution is -2.12. The second-order valence-corrected chi connectivity index (χ2v) is 6.72. The molecule has 1 heterocycles. The Labute approximate surface area is 139 Å². The Morgan fingerprint density at radius 2 is 2.22 bits per heavy atom. The third-order valence-corrected chi connectivity index (χ3v) is 5.22. The van der Waals surface area contributed by atoms with Gasteiger partial charge in [0, 0.05) is 17.6 Å². The highest BCUT2D eigenvalue weighted by Crippen LogP contribution is 2.37. The molecule has 1 aromatic heterocycles. The summed E-state index contributed by atoms with van der Waals surface area (Å²) < 4.78 is 5.10. The normalized spacial score (nSPS) is 13.2. The van der Waals surface area contributed by atoms with E-state index in [1.807, 2.05) is 18.2 Å². The SMILES string of the molecule is COCc1cccc(C(=O)Nc2sc3c(c2C#N)CCCC3)c1. The van der Waals surface area contributed by atoms with Gasteiger partial charge in [-0.2, -0.15) is 5.26 Å². The van der Waals surface area contributed by atoms with Crippen LogP contribution in [0, 0.1) is 11.3 Å². The highest BCUT2D eigenvalue weighted by atomic mass is 32.1. The van der Waals surface area contributed by atoms with Crippen LogP contribution in [0.4, 0.5) is 5.00 Å². The summed E-state index contributed by atoms with van der Waals surface area (Å²) in [6, 6.07) is 9.62. The second kappa shape index (κ2) is 6.95. The third-order valence-electron chi connectivity index (χ3n) is 4.01. The maximum Gasteiger partial charge on any atom is 0.256 e. The van der Waals surface area contributed by atoms with Crippen LogP contribution in [0.25, 0.3) is 0 Å². The monoisotopic (exact) mass is 326 g/mol. The molecule has 3 rings (SSSR count). The lowest BCUT2D eigenvalue weighted by Gasteiger charge is -2.09. The molecule has 0 unspecified atom stereocenters. The zero-order valence-corrected chi connectivity index (χ0v) is 13.8. The first-order valence-corrected chi connectivity index (χ1v) is 8.48. The van der Waals surface area contributed by atoms with E-state index in [9.17, 15) is 10.1 Å². The minimum Gasteiger partial charge on any atom is -0.380 e. The van der Waals surface area contributed by atoms with Crippen molar-refractivity contribution in [3.8, 4) is 6.07 Å². The summed E-state index contributed by atoms with van der Waals surface area (Å²) in [6.45, 7) is 0.470. The van der Waals surface area contributed by atoms with E-state index < -0.39 is 0 Å². The fraction of sp³-hybridized carbons (Fsp3) is 0.333. The van der Waals surface area contributed by atoms with Gasteiger partial charge in [-0.05, 0) is 48.9 Å². The van der Waals surface area contributed by atoms with E-state index in [1.54, 1.807) is 24.5 Å². The molecular formula is C18H18N2O2S. The number of anilines is 1. The fourth-order valence-corrected chi connectivity index (χ4v) is 4.15. The minimum absolute atomic E-state index is 0.182. The van der Waals surface area contributed by atoms with Crippen molar-refractivity contribution in [1.29, 1.82) is 5.26 Å². The van der Waals surface area contributed by atoms with Gasteiger partial charge in [0.15, 0.2) is 0 Å². The Morgan fingerprint density at radius 3 is 3.00 bits per heavy atom. The molecule has 1 aliphatic carbocycles. The Balaban J connectivity index is 1.84. The third kappa shape index (κ3) is 3.29. The molecule has 4 nitrogen and oxygen atoms in total. The summed E-state index contributed by atoms with van der Waals surface area (Å²) >= 11 is 1.54. The summed E-state index contributed by atoms with van der Waals surface area (Å²) in [5.74, 6) is -0.182. The summed E-state index contributed by atoms with van der Waals surface area (Å²) in [4.78, 5) is 13.7. The predicted molar refractivity (Wildman–Crippen MR) is 90.8 cm³/mol. The number of fused-ring (bicyclic) bond motifs is 1. The number of nitrogens with one attached hydrogen (secondary N) is 1. The number of thiophene rings is 1. The molecule has 1 aliphatic rings. The number of hydrogen-bond acceptors (Lipinski definition) is 4. The number of ether oxygens (including phenoxy) is 1. The van der Waals surface area contributed by atoms with E-state index in [0.717, 1.165) is 36.8 Å². The maximum absolute atomic E-state index is 12.5. The van der Waals surface area contributed by atoms with E-state index in [2.05, 4.69) is 11.4 Å². The number of methoxy groups -OCH3 is 1. The van der Waals surface area contributed by atoms with Crippen LogP contribution in [0.1, 0.15) is 44.8 Å². The van der Waals surface area contributed by atoms with Gasteiger partial charge in [-0.15, -0.1) is 11.3 Å². The lowest BCUT2D eigenvalue weighted by atomic mass is 9.96. The average Bonchev–Trinajstić information content (AvgIpc) is 2.92. The molecule has 0 bridgehead atoms. The molecule has 118 valence electrons. The molecule has 0 fully saturated rings. The summed E-state index contributed by atoms with van der Waals surface area (Å²) in [5, 5.41) is 13.1. The van der Waals surface area contributed by atoms with Gasteiger partial charge in [0.1, 0.15) is 11.1 Å². The number of nitrogens with zero attached hydrogens (tertiary/aromatic N) is 1. The largest absolute Gasteiger partial charge is 0.380 e. The predicted octanol–water partition coefficient (Wildman–Crippen LogP) is 3.90. The number of hydrogen-bond donors (Lipinski definition) is 1. The van der Waals surface area contributed by atoms with Crippen molar-refractivity contribution in [3.05, 3.63) is 51.4 Å². The van der Waals surface area contributed by atoms with Crippen LogP contribution in [0.3, 0.4) is 0 Å². The first kappa shape index (κ1) is 15.7. The van der Waals surface area contributed by atoms with Gasteiger partial charge in [-0.1, -0.05) is 12.1 Å². The van der Waals surface area contributed by atoms with Crippen molar-refractivity contribution in [2.45, 2.75) is 32.3 Å². The zero-order valence-electron chi connectivity index (χ0n) is 13.0. The van der Waals surface area contributed by atoms with Crippen molar-refractivity contribution < 1.29 is 9.53 Å². The van der Waals surface area contributed by atoms with E-state index in [-0.39, 0.29) is 5.91 Å². The van der Waals surface area contributed by atoms with Crippen molar-refractivity contribution in [3.63, 3.8) is 0 Å². The highest BCUT2D eigenvalue weighted by Gasteiger charge is 2.22. The number of nitriles is 1. The molecule has 1 amide bonds. The van der Waals surface area contributed by atoms with Crippen LogP contribution < -0.4 is 5.32 Å². The Kier molecular flexibility index (Phi) is 4.75. The van der Waals surface area contributed by atoms with Gasteiger partial charge in [-0.25, -0.2) is 0 Å². The summed E-state index contributed by atoms with van der Waals surface area (Å²) in [7, 11) is 1.63. The Hall–Kier alpha value is -2.16. The highest BCUT2D eigenvalue weighted by molar-refractivity contribution is 7.16. The van der Waals surface area contributed by atoms with Crippen LogP contribution in [0.15, 0.2) is 24.3 Å². The van der Waals surface area contributed by atoms with Gasteiger partial charge >= 0.3 is 0 Å². The number of carbonyl (C=O) groups excluding carboxylic acids is 1. The van der Waals surface area contributed by atoms with Gasteiger partial charge in [0.05, 0.1) is 12.2 Å². The quantitative estimate of drug-likeness (QED) is 0.927. The number of amides is 1. The summed E-state index contributed by atoms with van der Waals surface area (Å²) in [6.07, 6.45) is 4.22. The number of benzene rings is 1. The van der Waals surface area contributed by atoms with Crippen molar-refractivity contribution in [2.75, 3.05) is 12.4 Å². The number of rotatable bonds is 4. The van der Waals surface area contributed by atoms with Crippen LogP contribution in [-0.2, 0) is 24.2 Å². The molecule has 23 heavy (non-hydrogen) atoms. The van der Waals surface area contributed by atoms with Crippen LogP contribution >= 0.6 is 11.3 Å². The van der Waals surface area contributed by atoms with E-state index in [4.69, 9.17) is 4.74 Å². The molecule has 0 saturated heterocycles. The van der Waals surface area contributed by atoms with Crippen molar-refractivity contribution in [1.82, 2.24) is 0 Å². The van der Waals surface area contributed by atoms with Gasteiger partial charge in [-0.3, -0.25) is 4.79 Å². The molecule has 0 radical (unpaired) electrons. The molecule has 2 aromatic rings. The van der Waals surface area contributed by atoms with E-state index >= 15 is 0 Å². The smallest absolute Gasteiger partial charge is 0.256 e. The molecule has 0 spiro atoms. The first-order chi connectivity index (χ1) is 11.2. The molecule has 0 atom stereocenters. The zero-order chi connectivity index (χ0) is 16.2. The summed E-state index contributed by atoms with van der Waals surface area (Å²) in [5.41, 5.74) is 3.30. The minimum atomic E-state index is -0.182. The molecule has 1 aromatic carbocycles. The van der Waals surface area contributed by atoms with E-state index in [0.29, 0.717) is 22.7 Å². The van der Waals surface area contributed by atoms with Crippen LogP contribution in [-0.4, -0.2) is 13.0 Å². The Morgan fingerprint density at radius 1 is 1.39 bits per heavy atom. The molecule has 0 saturated carbocycles. The standard InChI is InChI=1S/C18H18N2O2S/c1-22-11-12-5-4-6-13(9-12)17(21)20-18-15(10-19)14-7-2-3-8-16(14)23-18/h4-6,9H,2-3,7-8,11H2,1H3,(H,20,21). The Bertz CT molecular complexity index is 774. The van der Waals surface area contributed by atoms with Crippen LogP contribution in [0.5, 0.6) is 0 Å². The molecule has 5 heteroatoms. The van der Waals surface area contributed by atoms with Gasteiger partial charge < -0.3 is 10.1 Å².